The molecule has 2 aliphatic rings. The van der Waals surface area contributed by atoms with Gasteiger partial charge in [0.1, 0.15) is 0 Å². The Balaban J connectivity index is 1.38. The van der Waals surface area contributed by atoms with Crippen molar-refractivity contribution in [2.24, 2.45) is 7.05 Å². The second kappa shape index (κ2) is 6.43. The van der Waals surface area contributed by atoms with Gasteiger partial charge < -0.3 is 14.4 Å². The van der Waals surface area contributed by atoms with E-state index in [1.54, 1.807) is 0 Å². The number of piperazine rings is 1. The van der Waals surface area contributed by atoms with Crippen LogP contribution in [0.25, 0.3) is 11.0 Å². The van der Waals surface area contributed by atoms with Gasteiger partial charge in [0.05, 0.1) is 17.6 Å². The number of carbonyl (C=O) groups is 1. The summed E-state index contributed by atoms with van der Waals surface area (Å²) < 4.78 is 2.17. The average molecular weight is 327 g/mol. The highest BCUT2D eigenvalue weighted by Gasteiger charge is 2.25. The molecule has 0 radical (unpaired) electrons. The molecule has 6 nitrogen and oxygen atoms in total. The number of amides is 1. The molecule has 24 heavy (non-hydrogen) atoms. The minimum absolute atomic E-state index is 0.295. The van der Waals surface area contributed by atoms with Crippen molar-refractivity contribution in [1.82, 2.24) is 19.4 Å². The molecule has 0 atom stereocenters. The first-order valence-electron chi connectivity index (χ1n) is 8.89. The second-order valence-corrected chi connectivity index (χ2v) is 6.81. The van der Waals surface area contributed by atoms with Gasteiger partial charge in [0.25, 0.3) is 0 Å². The van der Waals surface area contributed by atoms with Crippen LogP contribution in [0.4, 0.5) is 5.95 Å². The first-order valence-corrected chi connectivity index (χ1v) is 8.89. The van der Waals surface area contributed by atoms with E-state index in [-0.39, 0.29) is 0 Å². The van der Waals surface area contributed by atoms with Crippen molar-refractivity contribution in [2.75, 3.05) is 50.7 Å². The summed E-state index contributed by atoms with van der Waals surface area (Å²) in [7, 11) is 2.08. The Hall–Kier alpha value is -2.08. The Kier molecular flexibility index (Phi) is 4.14. The fraction of sp³-hybridized carbons (Fsp3) is 0.556. The molecular formula is C18H25N5O. The third-order valence-electron chi connectivity index (χ3n) is 5.24. The van der Waals surface area contributed by atoms with Gasteiger partial charge in [0.2, 0.25) is 11.9 Å². The van der Waals surface area contributed by atoms with Crippen molar-refractivity contribution in [3.05, 3.63) is 24.3 Å². The maximum Gasteiger partial charge on any atom is 0.236 e. The smallest absolute Gasteiger partial charge is 0.236 e. The minimum Gasteiger partial charge on any atom is -0.342 e. The van der Waals surface area contributed by atoms with E-state index in [1.165, 1.54) is 5.52 Å². The predicted molar refractivity (Wildman–Crippen MR) is 95.2 cm³/mol. The minimum atomic E-state index is 0.295. The summed E-state index contributed by atoms with van der Waals surface area (Å²) in [6, 6.07) is 8.25. The Morgan fingerprint density at radius 1 is 1.04 bits per heavy atom. The molecule has 128 valence electrons. The lowest BCUT2D eigenvalue weighted by Crippen LogP contribution is -2.50. The number of aromatic nitrogens is 2. The Morgan fingerprint density at radius 2 is 1.75 bits per heavy atom. The monoisotopic (exact) mass is 327 g/mol. The number of aryl methyl sites for hydroxylation is 1. The molecule has 0 aliphatic carbocycles. The van der Waals surface area contributed by atoms with Crippen LogP contribution in [0.1, 0.15) is 12.8 Å². The number of nitrogens with zero attached hydrogens (tertiary/aromatic N) is 5. The number of anilines is 1. The molecule has 0 N–H and O–H groups in total. The van der Waals surface area contributed by atoms with Gasteiger partial charge in [-0.2, -0.15) is 0 Å². The SMILES string of the molecule is Cn1c(N2CCN(CC(=O)N3CCCC3)CC2)nc2ccccc21. The first-order chi connectivity index (χ1) is 11.7. The fourth-order valence-electron chi connectivity index (χ4n) is 3.78. The van der Waals surface area contributed by atoms with E-state index in [0.29, 0.717) is 12.5 Å². The van der Waals surface area contributed by atoms with Gasteiger partial charge in [-0.25, -0.2) is 4.98 Å². The highest BCUT2D eigenvalue weighted by molar-refractivity contribution is 5.79. The van der Waals surface area contributed by atoms with Gasteiger partial charge in [0, 0.05) is 46.3 Å². The molecule has 0 spiro atoms. The van der Waals surface area contributed by atoms with Crippen LogP contribution in [0, 0.1) is 0 Å². The lowest BCUT2D eigenvalue weighted by Gasteiger charge is -2.35. The molecule has 4 rings (SSSR count). The number of likely N-dealkylation sites (tertiary alicyclic amines) is 1. The fourth-order valence-corrected chi connectivity index (χ4v) is 3.78. The van der Waals surface area contributed by atoms with E-state index in [9.17, 15) is 4.79 Å². The molecule has 1 aromatic heterocycles. The molecule has 0 unspecified atom stereocenters. The maximum absolute atomic E-state index is 12.3. The Bertz CT molecular complexity index is 726. The van der Waals surface area contributed by atoms with Crippen LogP contribution in [0.2, 0.25) is 0 Å². The molecule has 0 saturated carbocycles. The van der Waals surface area contributed by atoms with Crippen LogP contribution >= 0.6 is 0 Å². The van der Waals surface area contributed by atoms with Crippen LogP contribution in [0.3, 0.4) is 0 Å². The van der Waals surface area contributed by atoms with Crippen molar-refractivity contribution in [1.29, 1.82) is 0 Å². The van der Waals surface area contributed by atoms with Crippen LogP contribution in [0.15, 0.2) is 24.3 Å². The van der Waals surface area contributed by atoms with Crippen LogP contribution in [-0.2, 0) is 11.8 Å². The Morgan fingerprint density at radius 3 is 2.46 bits per heavy atom. The summed E-state index contributed by atoms with van der Waals surface area (Å²) in [5, 5.41) is 0. The number of hydrogen-bond acceptors (Lipinski definition) is 4. The van der Waals surface area contributed by atoms with Crippen molar-refractivity contribution < 1.29 is 4.79 Å². The highest BCUT2D eigenvalue weighted by atomic mass is 16.2. The van der Waals surface area contributed by atoms with E-state index >= 15 is 0 Å². The Labute approximate surface area is 142 Å². The summed E-state index contributed by atoms with van der Waals surface area (Å²) in [6.45, 7) is 6.13. The zero-order valence-electron chi connectivity index (χ0n) is 14.3. The lowest BCUT2D eigenvalue weighted by molar-refractivity contribution is -0.131. The third kappa shape index (κ3) is 2.86. The summed E-state index contributed by atoms with van der Waals surface area (Å²) in [5.74, 6) is 1.32. The van der Waals surface area contributed by atoms with E-state index < -0.39 is 0 Å². The molecule has 2 saturated heterocycles. The van der Waals surface area contributed by atoms with Crippen LogP contribution < -0.4 is 4.90 Å². The normalized spacial score (nSPS) is 19.4. The lowest BCUT2D eigenvalue weighted by atomic mass is 10.3. The average Bonchev–Trinajstić information content (AvgIpc) is 3.25. The largest absolute Gasteiger partial charge is 0.342 e. The van der Waals surface area contributed by atoms with Crippen LogP contribution in [-0.4, -0.2) is 71.1 Å². The number of benzene rings is 1. The summed E-state index contributed by atoms with van der Waals surface area (Å²) in [6.07, 6.45) is 2.32. The van der Waals surface area contributed by atoms with Crippen molar-refractivity contribution in [2.45, 2.75) is 12.8 Å². The topological polar surface area (TPSA) is 44.6 Å². The van der Waals surface area contributed by atoms with Crippen molar-refractivity contribution in [3.8, 4) is 0 Å². The molecular weight excluding hydrogens is 302 g/mol. The van der Waals surface area contributed by atoms with Crippen molar-refractivity contribution in [3.63, 3.8) is 0 Å². The maximum atomic E-state index is 12.3. The number of imidazole rings is 1. The van der Waals surface area contributed by atoms with Crippen molar-refractivity contribution >= 4 is 22.9 Å². The number of para-hydroxylation sites is 2. The molecule has 6 heteroatoms. The summed E-state index contributed by atoms with van der Waals surface area (Å²) in [5.41, 5.74) is 2.21. The second-order valence-electron chi connectivity index (χ2n) is 6.81. The molecule has 3 heterocycles. The number of carbonyl (C=O) groups excluding carboxylic acids is 1. The van der Waals surface area contributed by atoms with E-state index in [2.05, 4.69) is 39.6 Å². The van der Waals surface area contributed by atoms with Gasteiger partial charge >= 0.3 is 0 Å². The predicted octanol–water partition coefficient (Wildman–Crippen LogP) is 1.32. The molecule has 1 aromatic carbocycles. The van der Waals surface area contributed by atoms with Crippen LogP contribution in [0.5, 0.6) is 0 Å². The number of fused-ring (bicyclic) bond motifs is 1. The van der Waals surface area contributed by atoms with Gasteiger partial charge in [0.15, 0.2) is 0 Å². The zero-order valence-corrected chi connectivity index (χ0v) is 14.3. The zero-order chi connectivity index (χ0) is 16.5. The van der Waals surface area contributed by atoms with E-state index in [0.717, 1.165) is 63.6 Å². The van der Waals surface area contributed by atoms with Gasteiger partial charge in [-0.05, 0) is 25.0 Å². The van der Waals surface area contributed by atoms with Gasteiger partial charge in [-0.3, -0.25) is 9.69 Å². The number of rotatable bonds is 3. The van der Waals surface area contributed by atoms with Gasteiger partial charge in [-0.15, -0.1) is 0 Å². The molecule has 1 amide bonds. The molecule has 0 bridgehead atoms. The first kappa shape index (κ1) is 15.4. The third-order valence-corrected chi connectivity index (χ3v) is 5.24. The quantitative estimate of drug-likeness (QED) is 0.853. The highest BCUT2D eigenvalue weighted by Crippen LogP contribution is 2.22. The van der Waals surface area contributed by atoms with Gasteiger partial charge in [-0.1, -0.05) is 12.1 Å². The number of hydrogen-bond donors (Lipinski definition) is 0. The molecule has 2 fully saturated rings. The van der Waals surface area contributed by atoms with E-state index in [1.807, 2.05) is 11.0 Å². The molecule has 2 aromatic rings. The molecule has 2 aliphatic heterocycles. The summed E-state index contributed by atoms with van der Waals surface area (Å²) in [4.78, 5) is 23.7. The standard InChI is InChI=1S/C18H25N5O/c1-20-16-7-3-2-6-15(16)19-18(20)23-12-10-21(11-13-23)14-17(24)22-8-4-5-9-22/h2-3,6-7H,4-5,8-14H2,1H3. The summed E-state index contributed by atoms with van der Waals surface area (Å²) >= 11 is 0. The van der Waals surface area contributed by atoms with E-state index in [4.69, 9.17) is 4.98 Å².